The van der Waals surface area contributed by atoms with Crippen LogP contribution in [0.2, 0.25) is 0 Å². The number of aryl methyl sites for hydroxylation is 1. The number of aliphatic hydroxyl groups excluding tert-OH is 1. The van der Waals surface area contributed by atoms with Gasteiger partial charge in [0.2, 0.25) is 5.16 Å². The lowest BCUT2D eigenvalue weighted by Gasteiger charge is -2.26. The molecule has 0 saturated heterocycles. The molecule has 0 aliphatic heterocycles. The molecule has 0 fully saturated rings. The number of para-hydroxylation sites is 1. The largest absolute Gasteiger partial charge is 0.390 e. The van der Waals surface area contributed by atoms with Gasteiger partial charge in [0.15, 0.2) is 0 Å². The molecule has 6 nitrogen and oxygen atoms in total. The van der Waals surface area contributed by atoms with E-state index in [1.165, 1.54) is 22.9 Å². The molecule has 2 aromatic carbocycles. The van der Waals surface area contributed by atoms with Gasteiger partial charge in [0, 0.05) is 5.75 Å². The van der Waals surface area contributed by atoms with Gasteiger partial charge in [-0.05, 0) is 52.9 Å². The summed E-state index contributed by atoms with van der Waals surface area (Å²) in [6, 6.07) is 18.1. The molecule has 2 atom stereocenters. The fourth-order valence-electron chi connectivity index (χ4n) is 3.33. The highest BCUT2D eigenvalue weighted by atomic mass is 32.2. The van der Waals surface area contributed by atoms with Crippen molar-refractivity contribution in [2.45, 2.75) is 36.6 Å². The number of ether oxygens (including phenoxy) is 1. The van der Waals surface area contributed by atoms with Crippen LogP contribution in [0.3, 0.4) is 0 Å². The Morgan fingerprint density at radius 3 is 2.85 bits per heavy atom. The molecule has 0 bridgehead atoms. The standard InChI is InChI=1S/C20H22N4O2S/c25-17(13-26-19-12-6-8-15-7-4-5-11-18(15)19)14-27-20-21-22-23-24(20)16-9-2-1-3-10-16/h1-5,7,9-11,17,19,25H,6,8,12-14H2/t17-,19+/m1/s1. The van der Waals surface area contributed by atoms with Gasteiger partial charge in [-0.2, -0.15) is 4.68 Å². The summed E-state index contributed by atoms with van der Waals surface area (Å²) in [7, 11) is 0. The first-order valence-electron chi connectivity index (χ1n) is 9.15. The third-order valence-electron chi connectivity index (χ3n) is 4.65. The normalized spacial score (nSPS) is 17.4. The lowest BCUT2D eigenvalue weighted by molar-refractivity contribution is -0.00960. The van der Waals surface area contributed by atoms with Gasteiger partial charge in [-0.3, -0.25) is 0 Å². The number of hydrogen-bond acceptors (Lipinski definition) is 6. The highest BCUT2D eigenvalue weighted by molar-refractivity contribution is 7.99. The fraction of sp³-hybridized carbons (Fsp3) is 0.350. The molecule has 4 rings (SSSR count). The molecule has 1 aliphatic carbocycles. The third kappa shape index (κ3) is 4.37. The molecular weight excluding hydrogens is 360 g/mol. The van der Waals surface area contributed by atoms with E-state index in [1.807, 2.05) is 30.3 Å². The minimum atomic E-state index is -0.579. The molecule has 1 heterocycles. The Bertz CT molecular complexity index is 871. The quantitative estimate of drug-likeness (QED) is 0.633. The second-order valence-electron chi connectivity index (χ2n) is 6.59. The maximum absolute atomic E-state index is 10.4. The molecule has 1 aliphatic rings. The zero-order valence-electron chi connectivity index (χ0n) is 14.9. The Hall–Kier alpha value is -2.22. The minimum Gasteiger partial charge on any atom is -0.390 e. The van der Waals surface area contributed by atoms with Crippen molar-refractivity contribution >= 4 is 11.8 Å². The van der Waals surface area contributed by atoms with Crippen LogP contribution in [0.15, 0.2) is 59.8 Å². The average Bonchev–Trinajstić information content (AvgIpc) is 3.20. The van der Waals surface area contributed by atoms with Crippen LogP contribution in [-0.2, 0) is 11.2 Å². The minimum absolute atomic E-state index is 0.0734. The number of aliphatic hydroxyl groups is 1. The number of nitrogens with zero attached hydrogens (tertiary/aromatic N) is 4. The second-order valence-corrected chi connectivity index (χ2v) is 7.57. The van der Waals surface area contributed by atoms with Crippen molar-refractivity contribution in [1.29, 1.82) is 0 Å². The number of fused-ring (bicyclic) bond motifs is 1. The van der Waals surface area contributed by atoms with Crippen LogP contribution in [-0.4, -0.2) is 43.8 Å². The summed E-state index contributed by atoms with van der Waals surface area (Å²) in [6.07, 6.45) is 2.73. The highest BCUT2D eigenvalue weighted by Gasteiger charge is 2.21. The van der Waals surface area contributed by atoms with Crippen molar-refractivity contribution in [3.8, 4) is 5.69 Å². The first-order valence-corrected chi connectivity index (χ1v) is 10.1. The Morgan fingerprint density at radius 1 is 1.15 bits per heavy atom. The summed E-state index contributed by atoms with van der Waals surface area (Å²) in [5, 5.41) is 22.9. The van der Waals surface area contributed by atoms with Crippen LogP contribution in [0.4, 0.5) is 0 Å². The van der Waals surface area contributed by atoms with Crippen molar-refractivity contribution in [2.75, 3.05) is 12.4 Å². The zero-order chi connectivity index (χ0) is 18.5. The molecule has 1 N–H and O–H groups in total. The number of benzene rings is 2. The molecule has 1 aromatic heterocycles. The first kappa shape index (κ1) is 18.2. The van der Waals surface area contributed by atoms with Crippen LogP contribution in [0.5, 0.6) is 0 Å². The Kier molecular flexibility index (Phi) is 5.81. The topological polar surface area (TPSA) is 73.1 Å². The molecule has 0 unspecified atom stereocenters. The van der Waals surface area contributed by atoms with Crippen LogP contribution < -0.4 is 0 Å². The average molecular weight is 382 g/mol. The number of thioether (sulfide) groups is 1. The second kappa shape index (κ2) is 8.65. The Labute approximate surface area is 162 Å². The van der Waals surface area contributed by atoms with E-state index in [9.17, 15) is 5.11 Å². The predicted octanol–water partition coefficient (Wildman–Crippen LogP) is 3.21. The molecule has 0 radical (unpaired) electrons. The number of tetrazole rings is 1. The molecule has 140 valence electrons. The lowest BCUT2D eigenvalue weighted by atomic mass is 9.89. The summed E-state index contributed by atoms with van der Waals surface area (Å²) < 4.78 is 7.71. The van der Waals surface area contributed by atoms with E-state index < -0.39 is 6.10 Å². The monoisotopic (exact) mass is 382 g/mol. The van der Waals surface area contributed by atoms with Crippen molar-refractivity contribution in [3.05, 3.63) is 65.7 Å². The summed E-state index contributed by atoms with van der Waals surface area (Å²) in [5.74, 6) is 0.474. The van der Waals surface area contributed by atoms with Crippen molar-refractivity contribution in [3.63, 3.8) is 0 Å². The summed E-state index contributed by atoms with van der Waals surface area (Å²) >= 11 is 1.43. The van der Waals surface area contributed by atoms with Gasteiger partial charge >= 0.3 is 0 Å². The van der Waals surface area contributed by atoms with Crippen molar-refractivity contribution < 1.29 is 9.84 Å². The highest BCUT2D eigenvalue weighted by Crippen LogP contribution is 2.32. The van der Waals surface area contributed by atoms with E-state index in [-0.39, 0.29) is 6.10 Å². The summed E-state index contributed by atoms with van der Waals surface area (Å²) in [6.45, 7) is 0.304. The SMILES string of the molecule is O[C@H](CO[C@H]1CCCc2ccccc21)CSc1nnnn1-c1ccccc1. The number of hydrogen-bond donors (Lipinski definition) is 1. The van der Waals surface area contributed by atoms with E-state index in [0.717, 1.165) is 24.9 Å². The smallest absolute Gasteiger partial charge is 0.214 e. The molecule has 27 heavy (non-hydrogen) atoms. The van der Waals surface area contributed by atoms with Gasteiger partial charge in [-0.15, -0.1) is 5.10 Å². The Morgan fingerprint density at radius 2 is 1.96 bits per heavy atom. The van der Waals surface area contributed by atoms with Gasteiger partial charge < -0.3 is 9.84 Å². The fourth-order valence-corrected chi connectivity index (χ4v) is 4.12. The van der Waals surface area contributed by atoms with Gasteiger partial charge in [0.1, 0.15) is 0 Å². The maximum Gasteiger partial charge on any atom is 0.214 e. The predicted molar refractivity (Wildman–Crippen MR) is 104 cm³/mol. The lowest BCUT2D eigenvalue weighted by Crippen LogP contribution is -2.22. The third-order valence-corrected chi connectivity index (χ3v) is 5.71. The van der Waals surface area contributed by atoms with Crippen LogP contribution in [0.1, 0.15) is 30.1 Å². The molecule has 3 aromatic rings. The molecular formula is C20H22N4O2S. The zero-order valence-corrected chi connectivity index (χ0v) is 15.8. The number of aromatic nitrogens is 4. The van der Waals surface area contributed by atoms with Crippen LogP contribution >= 0.6 is 11.8 Å². The Balaban J connectivity index is 1.32. The first-order chi connectivity index (χ1) is 13.3. The van der Waals surface area contributed by atoms with Crippen molar-refractivity contribution in [2.24, 2.45) is 0 Å². The summed E-state index contributed by atoms with van der Waals surface area (Å²) in [4.78, 5) is 0. The van der Waals surface area contributed by atoms with E-state index >= 15 is 0 Å². The van der Waals surface area contributed by atoms with Gasteiger partial charge in [-0.25, -0.2) is 0 Å². The molecule has 0 saturated carbocycles. The van der Waals surface area contributed by atoms with Gasteiger partial charge in [0.05, 0.1) is 24.5 Å². The van der Waals surface area contributed by atoms with Crippen molar-refractivity contribution in [1.82, 2.24) is 20.2 Å². The molecule has 7 heteroatoms. The van der Waals surface area contributed by atoms with E-state index in [0.29, 0.717) is 17.5 Å². The van der Waals surface area contributed by atoms with E-state index in [1.54, 1.807) is 4.68 Å². The molecule has 0 amide bonds. The van der Waals surface area contributed by atoms with Crippen LogP contribution in [0.25, 0.3) is 5.69 Å². The molecule has 0 spiro atoms. The van der Waals surface area contributed by atoms with E-state index in [4.69, 9.17) is 4.74 Å². The van der Waals surface area contributed by atoms with Gasteiger partial charge in [-0.1, -0.05) is 54.2 Å². The van der Waals surface area contributed by atoms with Gasteiger partial charge in [0.25, 0.3) is 0 Å². The maximum atomic E-state index is 10.4. The van der Waals surface area contributed by atoms with Crippen LogP contribution in [0, 0.1) is 0 Å². The van der Waals surface area contributed by atoms with E-state index in [2.05, 4.69) is 39.8 Å². The number of rotatable bonds is 7. The summed E-state index contributed by atoms with van der Waals surface area (Å²) in [5.41, 5.74) is 3.52.